The fraction of sp³-hybridized carbons (Fsp3) is 0.500. The summed E-state index contributed by atoms with van der Waals surface area (Å²) in [5, 5.41) is 10.9. The molecule has 98 valence electrons. The molecule has 0 aliphatic carbocycles. The van der Waals surface area contributed by atoms with Gasteiger partial charge in [0.05, 0.1) is 9.40 Å². The summed E-state index contributed by atoms with van der Waals surface area (Å²) in [6.07, 6.45) is 1.19. The van der Waals surface area contributed by atoms with Crippen LogP contribution in [-0.2, 0) is 6.54 Å². The van der Waals surface area contributed by atoms with E-state index in [9.17, 15) is 10.1 Å². The van der Waals surface area contributed by atoms with Crippen LogP contribution in [0.25, 0.3) is 0 Å². The van der Waals surface area contributed by atoms with Crippen LogP contribution in [0.4, 0.5) is 5.69 Å². The average molecular weight is 331 g/mol. The summed E-state index contributed by atoms with van der Waals surface area (Å²) in [4.78, 5) is 12.9. The molecule has 0 atom stereocenters. The number of nitro benzene ring substituents is 1. The van der Waals surface area contributed by atoms with E-state index in [1.165, 1.54) is 18.2 Å². The lowest BCUT2D eigenvalue weighted by Gasteiger charge is -2.20. The Morgan fingerprint density at radius 1 is 1.39 bits per heavy atom. The Morgan fingerprint density at radius 2 is 2.22 bits per heavy atom. The Kier molecular flexibility index (Phi) is 5.03. The number of benzene rings is 1. The second kappa shape index (κ2) is 6.54. The summed E-state index contributed by atoms with van der Waals surface area (Å²) in [5.41, 5.74) is 1.15. The Morgan fingerprint density at radius 3 is 3.00 bits per heavy atom. The molecule has 2 rings (SSSR count). The molecular weight excluding hydrogens is 316 g/mol. The van der Waals surface area contributed by atoms with Crippen LogP contribution in [0.5, 0.6) is 0 Å². The third-order valence-corrected chi connectivity index (χ3v) is 4.93. The van der Waals surface area contributed by atoms with Gasteiger partial charge in [-0.05, 0) is 40.2 Å². The van der Waals surface area contributed by atoms with Gasteiger partial charge >= 0.3 is 0 Å². The highest BCUT2D eigenvalue weighted by molar-refractivity contribution is 9.10. The fourth-order valence-electron chi connectivity index (χ4n) is 2.03. The van der Waals surface area contributed by atoms with Gasteiger partial charge in [0.2, 0.25) is 0 Å². The molecule has 1 saturated heterocycles. The normalized spacial score (nSPS) is 17.4. The van der Waals surface area contributed by atoms with Crippen molar-refractivity contribution in [2.45, 2.75) is 13.0 Å². The van der Waals surface area contributed by atoms with Crippen molar-refractivity contribution in [3.05, 3.63) is 38.3 Å². The lowest BCUT2D eigenvalue weighted by molar-refractivity contribution is -0.385. The number of nitrogens with zero attached hydrogens (tertiary/aromatic N) is 2. The highest BCUT2D eigenvalue weighted by Gasteiger charge is 2.17. The zero-order valence-electron chi connectivity index (χ0n) is 9.97. The number of thioether (sulfide) groups is 1. The van der Waals surface area contributed by atoms with E-state index in [1.807, 2.05) is 17.8 Å². The maximum Gasteiger partial charge on any atom is 0.283 e. The average Bonchev–Trinajstić information content (AvgIpc) is 2.60. The molecule has 1 heterocycles. The van der Waals surface area contributed by atoms with E-state index in [2.05, 4.69) is 20.8 Å². The summed E-state index contributed by atoms with van der Waals surface area (Å²) < 4.78 is 0.618. The minimum Gasteiger partial charge on any atom is -0.298 e. The molecule has 1 aliphatic rings. The molecule has 0 N–H and O–H groups in total. The van der Waals surface area contributed by atoms with Crippen molar-refractivity contribution in [2.24, 2.45) is 0 Å². The molecule has 0 spiro atoms. The number of nitro groups is 1. The number of hydrogen-bond acceptors (Lipinski definition) is 4. The molecule has 1 fully saturated rings. The molecule has 6 heteroatoms. The van der Waals surface area contributed by atoms with Gasteiger partial charge in [-0.3, -0.25) is 15.0 Å². The van der Waals surface area contributed by atoms with Gasteiger partial charge in [0.15, 0.2) is 0 Å². The van der Waals surface area contributed by atoms with E-state index in [0.717, 1.165) is 31.0 Å². The molecular formula is C12H15BrN2O2S. The molecule has 18 heavy (non-hydrogen) atoms. The van der Waals surface area contributed by atoms with E-state index in [4.69, 9.17) is 0 Å². The van der Waals surface area contributed by atoms with Crippen molar-refractivity contribution in [3.8, 4) is 0 Å². The molecule has 0 radical (unpaired) electrons. The first-order chi connectivity index (χ1) is 8.68. The molecule has 0 aromatic heterocycles. The van der Waals surface area contributed by atoms with Crippen LogP contribution in [0.1, 0.15) is 12.0 Å². The van der Waals surface area contributed by atoms with Gasteiger partial charge in [0.25, 0.3) is 5.69 Å². The molecule has 0 bridgehead atoms. The Bertz CT molecular complexity index is 434. The van der Waals surface area contributed by atoms with Gasteiger partial charge in [-0.2, -0.15) is 11.8 Å². The maximum absolute atomic E-state index is 10.9. The zero-order chi connectivity index (χ0) is 13.0. The van der Waals surface area contributed by atoms with E-state index in [1.54, 1.807) is 6.07 Å². The second-order valence-electron chi connectivity index (χ2n) is 4.25. The maximum atomic E-state index is 10.9. The minimum absolute atomic E-state index is 0.150. The monoisotopic (exact) mass is 330 g/mol. The number of hydrogen-bond donors (Lipinski definition) is 0. The minimum atomic E-state index is -0.341. The molecule has 0 unspecified atom stereocenters. The summed E-state index contributed by atoms with van der Waals surface area (Å²) in [6.45, 7) is 2.91. The molecule has 1 aromatic carbocycles. The first-order valence-electron chi connectivity index (χ1n) is 5.90. The third kappa shape index (κ3) is 3.46. The topological polar surface area (TPSA) is 46.4 Å². The van der Waals surface area contributed by atoms with Crippen molar-refractivity contribution in [1.82, 2.24) is 4.90 Å². The lowest BCUT2D eigenvalue weighted by atomic mass is 10.2. The predicted molar refractivity (Wildman–Crippen MR) is 78.0 cm³/mol. The van der Waals surface area contributed by atoms with Crippen LogP contribution < -0.4 is 0 Å². The van der Waals surface area contributed by atoms with Gasteiger partial charge in [-0.1, -0.05) is 12.1 Å². The summed E-state index contributed by atoms with van der Waals surface area (Å²) in [5.74, 6) is 2.36. The second-order valence-corrected chi connectivity index (χ2v) is 6.27. The zero-order valence-corrected chi connectivity index (χ0v) is 12.4. The Hall–Kier alpha value is -0.590. The first kappa shape index (κ1) is 13.8. The molecule has 0 amide bonds. The summed E-state index contributed by atoms with van der Waals surface area (Å²) in [7, 11) is 0. The highest BCUT2D eigenvalue weighted by atomic mass is 79.9. The van der Waals surface area contributed by atoms with Gasteiger partial charge in [0, 0.05) is 24.9 Å². The fourth-order valence-corrected chi connectivity index (χ4v) is 3.49. The van der Waals surface area contributed by atoms with Crippen LogP contribution in [0.3, 0.4) is 0 Å². The van der Waals surface area contributed by atoms with Crippen molar-refractivity contribution in [2.75, 3.05) is 24.6 Å². The van der Waals surface area contributed by atoms with Crippen LogP contribution >= 0.6 is 27.7 Å². The first-order valence-corrected chi connectivity index (χ1v) is 7.85. The molecule has 1 aromatic rings. The predicted octanol–water partition coefficient (Wildman–Crippen LogP) is 3.30. The van der Waals surface area contributed by atoms with Crippen LogP contribution in [0.2, 0.25) is 0 Å². The van der Waals surface area contributed by atoms with Gasteiger partial charge in [0.1, 0.15) is 0 Å². The third-order valence-electron chi connectivity index (χ3n) is 2.96. The summed E-state index contributed by atoms with van der Waals surface area (Å²) in [6, 6.07) is 5.24. The number of rotatable bonds is 3. The molecule has 4 nitrogen and oxygen atoms in total. The van der Waals surface area contributed by atoms with Gasteiger partial charge in [-0.25, -0.2) is 0 Å². The molecule has 1 aliphatic heterocycles. The SMILES string of the molecule is O=[N+]([O-])c1cccc(CN2CCCSCC2)c1Br. The number of halogens is 1. The van der Waals surface area contributed by atoms with Crippen LogP contribution in [0.15, 0.2) is 22.7 Å². The van der Waals surface area contributed by atoms with Crippen LogP contribution in [0, 0.1) is 10.1 Å². The van der Waals surface area contributed by atoms with E-state index in [0.29, 0.717) is 4.47 Å². The van der Waals surface area contributed by atoms with Gasteiger partial charge < -0.3 is 0 Å². The Balaban J connectivity index is 2.13. The highest BCUT2D eigenvalue weighted by Crippen LogP contribution is 2.29. The van der Waals surface area contributed by atoms with E-state index < -0.39 is 0 Å². The van der Waals surface area contributed by atoms with Crippen molar-refractivity contribution >= 4 is 33.4 Å². The van der Waals surface area contributed by atoms with E-state index in [-0.39, 0.29) is 10.6 Å². The largest absolute Gasteiger partial charge is 0.298 e. The molecule has 0 saturated carbocycles. The quantitative estimate of drug-likeness (QED) is 0.630. The van der Waals surface area contributed by atoms with Crippen LogP contribution in [-0.4, -0.2) is 34.4 Å². The Labute approximate surface area is 119 Å². The van der Waals surface area contributed by atoms with Crippen molar-refractivity contribution in [3.63, 3.8) is 0 Å². The van der Waals surface area contributed by atoms with Crippen molar-refractivity contribution in [1.29, 1.82) is 0 Å². The van der Waals surface area contributed by atoms with Gasteiger partial charge in [-0.15, -0.1) is 0 Å². The standard InChI is InChI=1S/C12H15BrN2O2S/c13-12-10(3-1-4-11(12)15(16)17)9-14-5-2-7-18-8-6-14/h1,3-4H,2,5-9H2. The smallest absolute Gasteiger partial charge is 0.283 e. The lowest BCUT2D eigenvalue weighted by Crippen LogP contribution is -2.25. The van der Waals surface area contributed by atoms with Crippen molar-refractivity contribution < 1.29 is 4.92 Å². The van der Waals surface area contributed by atoms with E-state index >= 15 is 0 Å². The summed E-state index contributed by atoms with van der Waals surface area (Å²) >= 11 is 5.34.